The van der Waals surface area contributed by atoms with E-state index in [-0.39, 0.29) is 11.9 Å². The van der Waals surface area contributed by atoms with Gasteiger partial charge in [-0.2, -0.15) is 5.10 Å². The van der Waals surface area contributed by atoms with E-state index in [0.717, 1.165) is 12.1 Å². The van der Waals surface area contributed by atoms with Gasteiger partial charge in [0, 0.05) is 32.5 Å². The first kappa shape index (κ1) is 13.8. The molecule has 2 aromatic rings. The monoisotopic (exact) mass is 290 g/mol. The Labute approximate surface area is 122 Å². The molecular weight excluding hydrogens is 272 g/mol. The van der Waals surface area contributed by atoms with Crippen LogP contribution in [0.25, 0.3) is 0 Å². The lowest BCUT2D eigenvalue weighted by Crippen LogP contribution is -2.41. The van der Waals surface area contributed by atoms with Crippen LogP contribution in [0.2, 0.25) is 0 Å². The Morgan fingerprint density at radius 3 is 3.14 bits per heavy atom. The average Bonchev–Trinajstić information content (AvgIpc) is 3.12. The molecule has 0 aromatic carbocycles. The molecule has 7 heteroatoms. The number of methoxy groups -OCH3 is 1. The molecule has 0 unspecified atom stereocenters. The van der Waals surface area contributed by atoms with Gasteiger partial charge in [0.25, 0.3) is 5.91 Å². The Kier molecular flexibility index (Phi) is 3.74. The molecule has 0 radical (unpaired) electrons. The van der Waals surface area contributed by atoms with Crippen molar-refractivity contribution in [3.8, 4) is 0 Å². The summed E-state index contributed by atoms with van der Waals surface area (Å²) in [5.41, 5.74) is 1.38. The first-order valence-corrected chi connectivity index (χ1v) is 6.93. The van der Waals surface area contributed by atoms with Gasteiger partial charge in [-0.15, -0.1) is 0 Å². The quantitative estimate of drug-likeness (QED) is 0.851. The van der Waals surface area contributed by atoms with Crippen LogP contribution >= 0.6 is 0 Å². The molecule has 1 amide bonds. The number of fused-ring (bicyclic) bond motifs is 1. The van der Waals surface area contributed by atoms with Crippen LogP contribution in [-0.2, 0) is 11.3 Å². The zero-order valence-corrected chi connectivity index (χ0v) is 12.2. The molecule has 0 bridgehead atoms. The van der Waals surface area contributed by atoms with Crippen molar-refractivity contribution in [2.24, 2.45) is 0 Å². The topological polar surface area (TPSA) is 73.4 Å². The van der Waals surface area contributed by atoms with E-state index in [0.29, 0.717) is 31.2 Å². The summed E-state index contributed by atoms with van der Waals surface area (Å²) in [6.45, 7) is 3.54. The second-order valence-electron chi connectivity index (χ2n) is 5.21. The first-order valence-electron chi connectivity index (χ1n) is 6.93. The fourth-order valence-electron chi connectivity index (χ4n) is 2.64. The average molecular weight is 290 g/mol. The van der Waals surface area contributed by atoms with Gasteiger partial charge in [-0.1, -0.05) is 5.16 Å². The number of hydrogen-bond acceptors (Lipinski definition) is 5. The maximum Gasteiger partial charge on any atom is 0.276 e. The summed E-state index contributed by atoms with van der Waals surface area (Å²) in [5, 5.41) is 8.16. The summed E-state index contributed by atoms with van der Waals surface area (Å²) < 4.78 is 12.1. The number of aryl methyl sites for hydroxylation is 1. The summed E-state index contributed by atoms with van der Waals surface area (Å²) in [6.07, 6.45) is 2.58. The first-order chi connectivity index (χ1) is 10.2. The van der Waals surface area contributed by atoms with Crippen LogP contribution in [0, 0.1) is 6.92 Å². The van der Waals surface area contributed by atoms with Crippen molar-refractivity contribution in [1.29, 1.82) is 0 Å². The predicted octanol–water partition coefficient (Wildman–Crippen LogP) is 1.41. The Morgan fingerprint density at radius 1 is 1.57 bits per heavy atom. The van der Waals surface area contributed by atoms with Gasteiger partial charge in [-0.25, -0.2) is 0 Å². The van der Waals surface area contributed by atoms with Crippen molar-refractivity contribution in [3.63, 3.8) is 0 Å². The predicted molar refractivity (Wildman–Crippen MR) is 73.7 cm³/mol. The highest BCUT2D eigenvalue weighted by atomic mass is 16.5. The third-order valence-corrected chi connectivity index (χ3v) is 3.67. The Hall–Kier alpha value is -2.15. The maximum absolute atomic E-state index is 12.5. The van der Waals surface area contributed by atoms with Crippen LogP contribution in [0.1, 0.15) is 34.4 Å². The van der Waals surface area contributed by atoms with Crippen LogP contribution in [0.15, 0.2) is 22.9 Å². The van der Waals surface area contributed by atoms with Crippen molar-refractivity contribution in [2.45, 2.75) is 25.9 Å². The van der Waals surface area contributed by atoms with Crippen LogP contribution in [0.4, 0.5) is 0 Å². The fraction of sp³-hybridized carbons (Fsp3) is 0.500. The molecule has 0 saturated carbocycles. The lowest BCUT2D eigenvalue weighted by molar-refractivity contribution is 0.0631. The van der Waals surface area contributed by atoms with Gasteiger partial charge in [0.1, 0.15) is 5.76 Å². The second-order valence-corrected chi connectivity index (χ2v) is 5.21. The standard InChI is InChI=1S/C14H18N4O3/c1-10-7-13(16-21-10)14(19)17-8-11-3-5-15-18(11)12(9-17)4-6-20-2/h3,5,7,12H,4,6,8-9H2,1-2H3/t12-/m0/s1. The smallest absolute Gasteiger partial charge is 0.276 e. The normalized spacial score (nSPS) is 17.8. The van der Waals surface area contributed by atoms with E-state index in [1.54, 1.807) is 31.2 Å². The number of ether oxygens (including phenoxy) is 1. The van der Waals surface area contributed by atoms with E-state index in [1.807, 2.05) is 10.7 Å². The number of aromatic nitrogens is 3. The molecule has 1 aliphatic heterocycles. The minimum atomic E-state index is -0.110. The van der Waals surface area contributed by atoms with Gasteiger partial charge in [-0.3, -0.25) is 9.48 Å². The van der Waals surface area contributed by atoms with Gasteiger partial charge >= 0.3 is 0 Å². The molecular formula is C14H18N4O3. The van der Waals surface area contributed by atoms with E-state index in [1.165, 1.54) is 0 Å². The molecule has 3 heterocycles. The van der Waals surface area contributed by atoms with Crippen molar-refractivity contribution in [2.75, 3.05) is 20.3 Å². The molecule has 2 aromatic heterocycles. The highest BCUT2D eigenvalue weighted by Gasteiger charge is 2.30. The number of nitrogens with zero attached hydrogens (tertiary/aromatic N) is 4. The molecule has 0 spiro atoms. The molecule has 0 saturated heterocycles. The van der Waals surface area contributed by atoms with E-state index in [2.05, 4.69) is 10.3 Å². The van der Waals surface area contributed by atoms with Gasteiger partial charge in [0.05, 0.1) is 18.3 Å². The Bertz CT molecular complexity index is 634. The summed E-state index contributed by atoms with van der Waals surface area (Å²) >= 11 is 0. The summed E-state index contributed by atoms with van der Waals surface area (Å²) in [6, 6.07) is 3.73. The Morgan fingerprint density at radius 2 is 2.43 bits per heavy atom. The minimum Gasteiger partial charge on any atom is -0.385 e. The van der Waals surface area contributed by atoms with Crippen molar-refractivity contribution in [3.05, 3.63) is 35.5 Å². The van der Waals surface area contributed by atoms with Crippen LogP contribution in [0.5, 0.6) is 0 Å². The molecule has 0 fully saturated rings. The molecule has 0 aliphatic carbocycles. The van der Waals surface area contributed by atoms with Gasteiger partial charge in [-0.05, 0) is 19.4 Å². The number of carbonyl (C=O) groups is 1. The molecule has 0 N–H and O–H groups in total. The third-order valence-electron chi connectivity index (χ3n) is 3.67. The molecule has 21 heavy (non-hydrogen) atoms. The molecule has 1 atom stereocenters. The van der Waals surface area contributed by atoms with Gasteiger partial charge < -0.3 is 14.2 Å². The highest BCUT2D eigenvalue weighted by Crippen LogP contribution is 2.24. The van der Waals surface area contributed by atoms with Crippen LogP contribution in [-0.4, -0.2) is 46.0 Å². The van der Waals surface area contributed by atoms with Crippen LogP contribution < -0.4 is 0 Å². The van der Waals surface area contributed by atoms with E-state index in [9.17, 15) is 4.79 Å². The Balaban J connectivity index is 1.80. The van der Waals surface area contributed by atoms with E-state index in [4.69, 9.17) is 9.26 Å². The van der Waals surface area contributed by atoms with Gasteiger partial charge in [0.15, 0.2) is 5.69 Å². The second kappa shape index (κ2) is 5.69. The highest BCUT2D eigenvalue weighted by molar-refractivity contribution is 5.92. The van der Waals surface area contributed by atoms with Crippen molar-refractivity contribution >= 4 is 5.91 Å². The van der Waals surface area contributed by atoms with Crippen molar-refractivity contribution in [1.82, 2.24) is 19.8 Å². The largest absolute Gasteiger partial charge is 0.385 e. The SMILES string of the molecule is COCC[C@H]1CN(C(=O)c2cc(C)on2)Cc2ccnn21. The summed E-state index contributed by atoms with van der Waals surface area (Å²) in [4.78, 5) is 14.3. The lowest BCUT2D eigenvalue weighted by atomic mass is 10.1. The molecule has 3 rings (SSSR count). The molecule has 7 nitrogen and oxygen atoms in total. The third kappa shape index (κ3) is 2.69. The number of amides is 1. The molecule has 112 valence electrons. The van der Waals surface area contributed by atoms with Crippen LogP contribution in [0.3, 0.4) is 0 Å². The number of carbonyl (C=O) groups excluding carboxylic acids is 1. The summed E-state index contributed by atoms with van der Waals surface area (Å²) in [5.74, 6) is 0.526. The maximum atomic E-state index is 12.5. The van der Waals surface area contributed by atoms with E-state index >= 15 is 0 Å². The molecule has 1 aliphatic rings. The van der Waals surface area contributed by atoms with Gasteiger partial charge in [0.2, 0.25) is 0 Å². The van der Waals surface area contributed by atoms with Crippen molar-refractivity contribution < 1.29 is 14.1 Å². The zero-order chi connectivity index (χ0) is 14.8. The fourth-order valence-corrected chi connectivity index (χ4v) is 2.64. The minimum absolute atomic E-state index is 0.110. The zero-order valence-electron chi connectivity index (χ0n) is 12.2. The number of hydrogen-bond donors (Lipinski definition) is 0. The summed E-state index contributed by atoms with van der Waals surface area (Å²) in [7, 11) is 1.67. The lowest BCUT2D eigenvalue weighted by Gasteiger charge is -2.33. The number of rotatable bonds is 4. The van der Waals surface area contributed by atoms with E-state index < -0.39 is 0 Å².